The topological polar surface area (TPSA) is 74.9 Å². The molecule has 0 saturated carbocycles. The monoisotopic (exact) mass is 298 g/mol. The van der Waals surface area contributed by atoms with Crippen molar-refractivity contribution in [3.05, 3.63) is 24.2 Å². The zero-order valence-electron chi connectivity index (χ0n) is 13.3. The van der Waals surface area contributed by atoms with Gasteiger partial charge in [-0.05, 0) is 33.8 Å². The van der Waals surface area contributed by atoms with Crippen LogP contribution in [0.3, 0.4) is 0 Å². The molecule has 0 aliphatic rings. The lowest BCUT2D eigenvalue weighted by Gasteiger charge is -2.28. The number of amides is 1. The highest BCUT2D eigenvalue weighted by Gasteiger charge is 2.22. The largest absolute Gasteiger partial charge is 0.472 e. The van der Waals surface area contributed by atoms with E-state index in [0.29, 0.717) is 19.6 Å². The third-order valence-electron chi connectivity index (χ3n) is 2.60. The summed E-state index contributed by atoms with van der Waals surface area (Å²) in [4.78, 5) is 13.6. The van der Waals surface area contributed by atoms with Crippen LogP contribution in [0.15, 0.2) is 23.0 Å². The molecule has 2 N–H and O–H groups in total. The molecule has 1 aromatic rings. The van der Waals surface area contributed by atoms with Crippen LogP contribution in [-0.4, -0.2) is 47.4 Å². The predicted octanol–water partition coefficient (Wildman–Crippen LogP) is 1.99. The Kier molecular flexibility index (Phi) is 6.71. The Hall–Kier alpha value is -1.53. The minimum absolute atomic E-state index is 0.252. The maximum absolute atomic E-state index is 12.1. The minimum Gasteiger partial charge on any atom is -0.472 e. The molecule has 0 radical (unpaired) electrons. The third kappa shape index (κ3) is 7.72. The first kappa shape index (κ1) is 17.5. The molecule has 21 heavy (non-hydrogen) atoms. The van der Waals surface area contributed by atoms with Crippen molar-refractivity contribution >= 4 is 6.09 Å². The predicted molar refractivity (Wildman–Crippen MR) is 79.9 cm³/mol. The first-order valence-corrected chi connectivity index (χ1v) is 7.15. The van der Waals surface area contributed by atoms with Crippen LogP contribution in [0, 0.1) is 0 Å². The van der Waals surface area contributed by atoms with Gasteiger partial charge in [-0.3, -0.25) is 0 Å². The van der Waals surface area contributed by atoms with E-state index in [4.69, 9.17) is 9.15 Å². The summed E-state index contributed by atoms with van der Waals surface area (Å²) in [5.41, 5.74) is 0.507. The second-order valence-electron chi connectivity index (χ2n) is 6.08. The van der Waals surface area contributed by atoms with E-state index in [1.807, 2.05) is 26.8 Å². The quantitative estimate of drug-likeness (QED) is 0.753. The van der Waals surface area contributed by atoms with Gasteiger partial charge in [0.2, 0.25) is 0 Å². The maximum atomic E-state index is 12.1. The van der Waals surface area contributed by atoms with Gasteiger partial charge in [0, 0.05) is 31.7 Å². The molecule has 1 heterocycles. The Morgan fingerprint density at radius 1 is 1.52 bits per heavy atom. The first-order chi connectivity index (χ1) is 9.78. The summed E-state index contributed by atoms with van der Waals surface area (Å²) in [7, 11) is 0. The Bertz CT molecular complexity index is 410. The van der Waals surface area contributed by atoms with Crippen LogP contribution in [0.4, 0.5) is 4.79 Å². The van der Waals surface area contributed by atoms with Gasteiger partial charge in [0.1, 0.15) is 5.60 Å². The van der Waals surface area contributed by atoms with Crippen LogP contribution in [0.2, 0.25) is 0 Å². The number of carbonyl (C=O) groups is 1. The van der Waals surface area contributed by atoms with E-state index < -0.39 is 17.8 Å². The highest BCUT2D eigenvalue weighted by atomic mass is 16.6. The summed E-state index contributed by atoms with van der Waals surface area (Å²) in [5, 5.41) is 12.7. The van der Waals surface area contributed by atoms with E-state index in [2.05, 4.69) is 5.32 Å². The van der Waals surface area contributed by atoms with Crippen molar-refractivity contribution in [1.29, 1.82) is 0 Å². The molecule has 6 heteroatoms. The number of hydrogen-bond acceptors (Lipinski definition) is 5. The number of furan rings is 1. The van der Waals surface area contributed by atoms with Gasteiger partial charge in [0.15, 0.2) is 0 Å². The number of hydrogen-bond donors (Lipinski definition) is 2. The molecule has 1 unspecified atom stereocenters. The molecule has 120 valence electrons. The Morgan fingerprint density at radius 3 is 2.76 bits per heavy atom. The van der Waals surface area contributed by atoms with E-state index in [1.165, 1.54) is 4.90 Å². The number of nitrogens with one attached hydrogen (secondary N) is 1. The normalized spacial score (nSPS) is 13.0. The standard InChI is InChI=1S/C15H26N2O4/c1-12(18)10-17(14(19)21-15(2,3)4)7-6-16-9-13-5-8-20-11-13/h5,8,11-12,16,18H,6-7,9-10H2,1-4H3. The van der Waals surface area contributed by atoms with Crippen molar-refractivity contribution in [3.8, 4) is 0 Å². The zero-order valence-corrected chi connectivity index (χ0v) is 13.3. The molecular weight excluding hydrogens is 272 g/mol. The minimum atomic E-state index is -0.591. The number of nitrogens with zero attached hydrogens (tertiary/aromatic N) is 1. The molecule has 1 atom stereocenters. The summed E-state index contributed by atoms with van der Waals surface area (Å²) < 4.78 is 10.3. The van der Waals surface area contributed by atoms with Gasteiger partial charge in [-0.15, -0.1) is 0 Å². The number of rotatable bonds is 7. The molecule has 0 spiro atoms. The molecule has 0 aromatic carbocycles. The van der Waals surface area contributed by atoms with Crippen LogP contribution in [0.1, 0.15) is 33.3 Å². The molecular formula is C15H26N2O4. The molecule has 6 nitrogen and oxygen atoms in total. The van der Waals surface area contributed by atoms with Gasteiger partial charge in [-0.2, -0.15) is 0 Å². The Labute approximate surface area is 126 Å². The van der Waals surface area contributed by atoms with Gasteiger partial charge >= 0.3 is 6.09 Å². The van der Waals surface area contributed by atoms with Gasteiger partial charge in [0.25, 0.3) is 0 Å². The van der Waals surface area contributed by atoms with Crippen molar-refractivity contribution in [2.75, 3.05) is 19.6 Å². The summed E-state index contributed by atoms with van der Waals surface area (Å²) in [6.07, 6.45) is 2.30. The van der Waals surface area contributed by atoms with E-state index in [0.717, 1.165) is 5.56 Å². The van der Waals surface area contributed by atoms with Gasteiger partial charge in [-0.1, -0.05) is 0 Å². The van der Waals surface area contributed by atoms with Crippen molar-refractivity contribution in [3.63, 3.8) is 0 Å². The van der Waals surface area contributed by atoms with Crippen LogP contribution >= 0.6 is 0 Å². The summed E-state index contributed by atoms with van der Waals surface area (Å²) >= 11 is 0. The molecule has 0 aliphatic carbocycles. The fourth-order valence-electron chi connectivity index (χ4n) is 1.74. The number of ether oxygens (including phenoxy) is 1. The highest BCUT2D eigenvalue weighted by Crippen LogP contribution is 2.10. The highest BCUT2D eigenvalue weighted by molar-refractivity contribution is 5.68. The van der Waals surface area contributed by atoms with Crippen molar-refractivity contribution in [1.82, 2.24) is 10.2 Å². The zero-order chi connectivity index (χ0) is 15.9. The van der Waals surface area contributed by atoms with E-state index in [-0.39, 0.29) is 6.54 Å². The van der Waals surface area contributed by atoms with Crippen LogP contribution in [-0.2, 0) is 11.3 Å². The average Bonchev–Trinajstić information content (AvgIpc) is 2.83. The fourth-order valence-corrected chi connectivity index (χ4v) is 1.74. The first-order valence-electron chi connectivity index (χ1n) is 7.15. The lowest BCUT2D eigenvalue weighted by Crippen LogP contribution is -2.43. The molecule has 0 fully saturated rings. The summed E-state index contributed by atoms with van der Waals surface area (Å²) in [6.45, 7) is 9.12. The summed E-state index contributed by atoms with van der Waals surface area (Å²) in [5.74, 6) is 0. The third-order valence-corrected chi connectivity index (χ3v) is 2.60. The molecule has 1 aromatic heterocycles. The molecule has 1 amide bonds. The average molecular weight is 298 g/mol. The number of aliphatic hydroxyl groups excluding tert-OH is 1. The van der Waals surface area contributed by atoms with E-state index in [9.17, 15) is 9.90 Å². The van der Waals surface area contributed by atoms with E-state index >= 15 is 0 Å². The second-order valence-corrected chi connectivity index (χ2v) is 6.08. The SMILES string of the molecule is CC(O)CN(CCNCc1ccoc1)C(=O)OC(C)(C)C. The molecule has 0 saturated heterocycles. The number of aliphatic hydroxyl groups is 1. The lowest BCUT2D eigenvalue weighted by molar-refractivity contribution is 0.0164. The Morgan fingerprint density at radius 2 is 2.24 bits per heavy atom. The number of carbonyl (C=O) groups excluding carboxylic acids is 1. The maximum Gasteiger partial charge on any atom is 0.410 e. The van der Waals surface area contributed by atoms with Crippen LogP contribution in [0.5, 0.6) is 0 Å². The smallest absolute Gasteiger partial charge is 0.410 e. The Balaban J connectivity index is 2.40. The lowest BCUT2D eigenvalue weighted by atomic mass is 10.2. The molecule has 1 rings (SSSR count). The molecule has 0 bridgehead atoms. The van der Waals surface area contributed by atoms with Crippen molar-refractivity contribution in [2.24, 2.45) is 0 Å². The summed E-state index contributed by atoms with van der Waals surface area (Å²) in [6, 6.07) is 1.88. The van der Waals surface area contributed by atoms with Crippen LogP contribution < -0.4 is 5.32 Å². The second kappa shape index (κ2) is 8.05. The van der Waals surface area contributed by atoms with Gasteiger partial charge < -0.3 is 24.5 Å². The van der Waals surface area contributed by atoms with Gasteiger partial charge in [0.05, 0.1) is 18.6 Å². The fraction of sp³-hybridized carbons (Fsp3) is 0.667. The van der Waals surface area contributed by atoms with Crippen molar-refractivity contribution < 1.29 is 19.1 Å². The van der Waals surface area contributed by atoms with Crippen molar-refractivity contribution in [2.45, 2.75) is 45.9 Å². The molecule has 0 aliphatic heterocycles. The van der Waals surface area contributed by atoms with E-state index in [1.54, 1.807) is 19.5 Å². The van der Waals surface area contributed by atoms with Gasteiger partial charge in [-0.25, -0.2) is 4.79 Å². The van der Waals surface area contributed by atoms with Crippen LogP contribution in [0.25, 0.3) is 0 Å².